The molecular weight excluding hydrogens is 245 g/mol. The van der Waals surface area contributed by atoms with Crippen LogP contribution >= 0.6 is 0 Å². The highest BCUT2D eigenvalue weighted by Crippen LogP contribution is 2.29. The van der Waals surface area contributed by atoms with Gasteiger partial charge in [0.1, 0.15) is 11.5 Å². The van der Waals surface area contributed by atoms with Crippen molar-refractivity contribution in [3.05, 3.63) is 23.9 Å². The minimum atomic E-state index is -4.43. The standard InChI is InChI=1S/C12H17F3N2O/c1-9(2)17(7-4-8-18)11-6-3-5-10(16-11)12(13,14)15/h3,5-6,9,18H,4,7-8H2,1-2H3. The van der Waals surface area contributed by atoms with Crippen LogP contribution in [0.2, 0.25) is 0 Å². The van der Waals surface area contributed by atoms with Gasteiger partial charge >= 0.3 is 6.18 Å². The fraction of sp³-hybridized carbons (Fsp3) is 0.583. The fourth-order valence-electron chi connectivity index (χ4n) is 1.62. The smallest absolute Gasteiger partial charge is 0.396 e. The van der Waals surface area contributed by atoms with Gasteiger partial charge in [0.05, 0.1) is 0 Å². The molecular formula is C12H17F3N2O. The number of rotatable bonds is 5. The van der Waals surface area contributed by atoms with Crippen molar-refractivity contribution >= 4 is 5.82 Å². The first kappa shape index (κ1) is 14.8. The number of aliphatic hydroxyl groups excluding tert-OH is 1. The average Bonchev–Trinajstić information content (AvgIpc) is 2.28. The van der Waals surface area contributed by atoms with E-state index in [0.717, 1.165) is 6.07 Å². The molecule has 0 atom stereocenters. The van der Waals surface area contributed by atoms with Gasteiger partial charge in [0.25, 0.3) is 0 Å². The first-order valence-corrected chi connectivity index (χ1v) is 5.78. The van der Waals surface area contributed by atoms with Gasteiger partial charge in [-0.05, 0) is 32.4 Å². The Balaban J connectivity index is 2.98. The van der Waals surface area contributed by atoms with Crippen molar-refractivity contribution in [2.45, 2.75) is 32.5 Å². The molecule has 6 heteroatoms. The van der Waals surface area contributed by atoms with Gasteiger partial charge in [-0.1, -0.05) is 6.07 Å². The third-order valence-corrected chi connectivity index (χ3v) is 2.50. The summed E-state index contributed by atoms with van der Waals surface area (Å²) >= 11 is 0. The SMILES string of the molecule is CC(C)N(CCCO)c1cccc(C(F)(F)F)n1. The van der Waals surface area contributed by atoms with Crippen LogP contribution in [0, 0.1) is 0 Å². The van der Waals surface area contributed by atoms with Gasteiger partial charge in [-0.2, -0.15) is 13.2 Å². The molecule has 0 saturated carbocycles. The molecule has 1 rings (SSSR count). The zero-order valence-electron chi connectivity index (χ0n) is 10.4. The number of aromatic nitrogens is 1. The van der Waals surface area contributed by atoms with Crippen molar-refractivity contribution in [1.82, 2.24) is 4.98 Å². The maximum absolute atomic E-state index is 12.6. The molecule has 0 aromatic carbocycles. The Labute approximate surface area is 104 Å². The molecule has 0 saturated heterocycles. The summed E-state index contributed by atoms with van der Waals surface area (Å²) in [5.74, 6) is 0.285. The number of hydrogen-bond donors (Lipinski definition) is 1. The number of pyridine rings is 1. The number of hydrogen-bond acceptors (Lipinski definition) is 3. The van der Waals surface area contributed by atoms with E-state index in [9.17, 15) is 13.2 Å². The highest BCUT2D eigenvalue weighted by molar-refractivity contribution is 5.40. The Morgan fingerprint density at radius 1 is 1.33 bits per heavy atom. The van der Waals surface area contributed by atoms with E-state index in [0.29, 0.717) is 13.0 Å². The predicted molar refractivity (Wildman–Crippen MR) is 63.4 cm³/mol. The molecule has 0 spiro atoms. The van der Waals surface area contributed by atoms with E-state index in [4.69, 9.17) is 5.11 Å². The zero-order valence-corrected chi connectivity index (χ0v) is 10.4. The van der Waals surface area contributed by atoms with Crippen LogP contribution in [-0.4, -0.2) is 29.3 Å². The molecule has 0 aliphatic carbocycles. The molecule has 1 N–H and O–H groups in total. The molecule has 3 nitrogen and oxygen atoms in total. The van der Waals surface area contributed by atoms with Crippen LogP contribution < -0.4 is 4.90 Å². The maximum Gasteiger partial charge on any atom is 0.433 e. The Bertz CT molecular complexity index is 380. The van der Waals surface area contributed by atoms with Gasteiger partial charge in [0.15, 0.2) is 0 Å². The average molecular weight is 262 g/mol. The van der Waals surface area contributed by atoms with Crippen molar-refractivity contribution < 1.29 is 18.3 Å². The number of alkyl halides is 3. The van der Waals surface area contributed by atoms with E-state index in [1.54, 1.807) is 11.0 Å². The van der Waals surface area contributed by atoms with E-state index < -0.39 is 11.9 Å². The highest BCUT2D eigenvalue weighted by Gasteiger charge is 2.32. The second-order valence-corrected chi connectivity index (χ2v) is 4.24. The summed E-state index contributed by atoms with van der Waals surface area (Å²) in [6, 6.07) is 3.87. The Hall–Kier alpha value is -1.30. The van der Waals surface area contributed by atoms with Gasteiger partial charge in [0, 0.05) is 19.2 Å². The number of aliphatic hydroxyl groups is 1. The van der Waals surface area contributed by atoms with E-state index in [1.165, 1.54) is 6.07 Å². The van der Waals surface area contributed by atoms with E-state index in [-0.39, 0.29) is 18.5 Å². The third-order valence-electron chi connectivity index (χ3n) is 2.50. The third kappa shape index (κ3) is 3.87. The molecule has 0 aliphatic heterocycles. The minimum Gasteiger partial charge on any atom is -0.396 e. The van der Waals surface area contributed by atoms with Crippen molar-refractivity contribution in [2.75, 3.05) is 18.1 Å². The van der Waals surface area contributed by atoms with E-state index >= 15 is 0 Å². The molecule has 1 heterocycles. The summed E-state index contributed by atoms with van der Waals surface area (Å²) in [6.45, 7) is 4.23. The van der Waals surface area contributed by atoms with Crippen molar-refractivity contribution in [1.29, 1.82) is 0 Å². The monoisotopic (exact) mass is 262 g/mol. The molecule has 102 valence electrons. The minimum absolute atomic E-state index is 0.00216. The molecule has 0 aliphatic rings. The summed E-state index contributed by atoms with van der Waals surface area (Å²) in [7, 11) is 0. The molecule has 0 amide bonds. The summed E-state index contributed by atoms with van der Waals surface area (Å²) in [5, 5.41) is 8.80. The Kier molecular flexibility index (Phi) is 4.95. The van der Waals surface area contributed by atoms with Crippen molar-refractivity contribution in [2.24, 2.45) is 0 Å². The van der Waals surface area contributed by atoms with Crippen LogP contribution in [-0.2, 0) is 6.18 Å². The summed E-state index contributed by atoms with van der Waals surface area (Å²) in [4.78, 5) is 5.38. The lowest BCUT2D eigenvalue weighted by Gasteiger charge is -2.28. The molecule has 1 aromatic heterocycles. The highest BCUT2D eigenvalue weighted by atomic mass is 19.4. The predicted octanol–water partition coefficient (Wildman–Crippen LogP) is 2.70. The first-order chi connectivity index (χ1) is 8.36. The van der Waals surface area contributed by atoms with Gasteiger partial charge in [-0.25, -0.2) is 4.98 Å². The van der Waals surface area contributed by atoms with Gasteiger partial charge in [-0.3, -0.25) is 0 Å². The van der Waals surface area contributed by atoms with Crippen molar-refractivity contribution in [3.8, 4) is 0 Å². The van der Waals surface area contributed by atoms with Crippen LogP contribution in [0.5, 0.6) is 0 Å². The van der Waals surface area contributed by atoms with Crippen LogP contribution in [0.1, 0.15) is 26.0 Å². The Morgan fingerprint density at radius 3 is 2.50 bits per heavy atom. The first-order valence-electron chi connectivity index (χ1n) is 5.78. The second kappa shape index (κ2) is 6.04. The molecule has 18 heavy (non-hydrogen) atoms. The lowest BCUT2D eigenvalue weighted by Crippen LogP contribution is -2.33. The van der Waals surface area contributed by atoms with Gasteiger partial charge in [0.2, 0.25) is 0 Å². The normalized spacial score (nSPS) is 11.9. The number of halogens is 3. The largest absolute Gasteiger partial charge is 0.433 e. The van der Waals surface area contributed by atoms with Crippen LogP contribution in [0.15, 0.2) is 18.2 Å². The summed E-state index contributed by atoms with van der Waals surface area (Å²) < 4.78 is 37.7. The van der Waals surface area contributed by atoms with Gasteiger partial charge < -0.3 is 10.0 Å². The number of anilines is 1. The molecule has 0 radical (unpaired) electrons. The molecule has 0 unspecified atom stereocenters. The summed E-state index contributed by atoms with van der Waals surface area (Å²) in [5.41, 5.74) is -0.894. The zero-order chi connectivity index (χ0) is 13.8. The fourth-order valence-corrected chi connectivity index (χ4v) is 1.62. The topological polar surface area (TPSA) is 36.4 Å². The molecule has 1 aromatic rings. The van der Waals surface area contributed by atoms with E-state index in [2.05, 4.69) is 4.98 Å². The molecule has 0 fully saturated rings. The maximum atomic E-state index is 12.6. The van der Waals surface area contributed by atoms with Crippen LogP contribution in [0.4, 0.5) is 19.0 Å². The van der Waals surface area contributed by atoms with E-state index in [1.807, 2.05) is 13.8 Å². The lowest BCUT2D eigenvalue weighted by molar-refractivity contribution is -0.141. The molecule has 0 bridgehead atoms. The Morgan fingerprint density at radius 2 is 2.00 bits per heavy atom. The number of nitrogens with zero attached hydrogens (tertiary/aromatic N) is 2. The second-order valence-electron chi connectivity index (χ2n) is 4.24. The lowest BCUT2D eigenvalue weighted by atomic mass is 10.2. The van der Waals surface area contributed by atoms with Crippen LogP contribution in [0.25, 0.3) is 0 Å². The van der Waals surface area contributed by atoms with Crippen molar-refractivity contribution in [3.63, 3.8) is 0 Å². The van der Waals surface area contributed by atoms with Gasteiger partial charge in [-0.15, -0.1) is 0 Å². The van der Waals surface area contributed by atoms with Crippen LogP contribution in [0.3, 0.4) is 0 Å². The quantitative estimate of drug-likeness (QED) is 0.886. The summed E-state index contributed by atoms with van der Waals surface area (Å²) in [6.07, 6.45) is -3.94.